The molecular weight excluding hydrogens is 234 g/mol. The second-order valence-corrected chi connectivity index (χ2v) is 5.14. The molecular formula is C16H19N3. The topological polar surface area (TPSA) is 51.8 Å². The highest BCUT2D eigenvalue weighted by molar-refractivity contribution is 5.43. The minimum Gasteiger partial charge on any atom is -0.383 e. The number of anilines is 1. The van der Waals surface area contributed by atoms with Gasteiger partial charge in [0.1, 0.15) is 11.6 Å². The standard InChI is InChI=1S/C16H19N3/c17-16-13-8-4-5-9-14(13)18-15(19-16)11-10-12-6-2-1-3-7-12/h1-3,6-7H,4-5,8-11H2,(H2,17,18,19). The lowest BCUT2D eigenvalue weighted by atomic mass is 9.96. The molecule has 3 rings (SSSR count). The molecule has 1 aliphatic carbocycles. The lowest BCUT2D eigenvalue weighted by molar-refractivity contribution is 0.655. The molecule has 1 aliphatic rings. The molecule has 1 heterocycles. The van der Waals surface area contributed by atoms with Crippen LogP contribution in [0, 0.1) is 0 Å². The summed E-state index contributed by atoms with van der Waals surface area (Å²) >= 11 is 0. The van der Waals surface area contributed by atoms with Gasteiger partial charge in [0, 0.05) is 17.7 Å². The first-order valence-electron chi connectivity index (χ1n) is 7.01. The summed E-state index contributed by atoms with van der Waals surface area (Å²) in [5.74, 6) is 1.59. The van der Waals surface area contributed by atoms with Gasteiger partial charge < -0.3 is 5.73 Å². The Labute approximate surface area is 113 Å². The lowest BCUT2D eigenvalue weighted by Crippen LogP contribution is -2.13. The van der Waals surface area contributed by atoms with Crippen LogP contribution in [0.2, 0.25) is 0 Å². The van der Waals surface area contributed by atoms with Gasteiger partial charge in [0.15, 0.2) is 0 Å². The predicted molar refractivity (Wildman–Crippen MR) is 76.9 cm³/mol. The maximum atomic E-state index is 6.06. The summed E-state index contributed by atoms with van der Waals surface area (Å²) in [6.45, 7) is 0. The molecule has 0 bridgehead atoms. The van der Waals surface area contributed by atoms with Crippen molar-refractivity contribution in [2.24, 2.45) is 0 Å². The van der Waals surface area contributed by atoms with Crippen molar-refractivity contribution < 1.29 is 0 Å². The van der Waals surface area contributed by atoms with Crippen molar-refractivity contribution in [3.63, 3.8) is 0 Å². The summed E-state index contributed by atoms with van der Waals surface area (Å²) in [7, 11) is 0. The van der Waals surface area contributed by atoms with E-state index in [1.165, 1.54) is 29.7 Å². The van der Waals surface area contributed by atoms with Crippen molar-refractivity contribution in [1.82, 2.24) is 9.97 Å². The number of rotatable bonds is 3. The van der Waals surface area contributed by atoms with E-state index in [0.717, 1.165) is 31.5 Å². The number of aryl methyl sites for hydroxylation is 3. The molecule has 0 amide bonds. The Hall–Kier alpha value is -1.90. The van der Waals surface area contributed by atoms with Crippen LogP contribution in [-0.4, -0.2) is 9.97 Å². The highest BCUT2D eigenvalue weighted by Crippen LogP contribution is 2.23. The van der Waals surface area contributed by atoms with E-state index in [0.29, 0.717) is 5.82 Å². The summed E-state index contributed by atoms with van der Waals surface area (Å²) in [4.78, 5) is 9.17. The molecule has 0 radical (unpaired) electrons. The number of benzene rings is 1. The van der Waals surface area contributed by atoms with Gasteiger partial charge in [-0.3, -0.25) is 0 Å². The second kappa shape index (κ2) is 5.39. The van der Waals surface area contributed by atoms with Crippen molar-refractivity contribution in [1.29, 1.82) is 0 Å². The molecule has 0 saturated heterocycles. The first kappa shape index (κ1) is 12.2. The summed E-state index contributed by atoms with van der Waals surface area (Å²) in [5.41, 5.74) is 9.75. The maximum Gasteiger partial charge on any atom is 0.131 e. The number of fused-ring (bicyclic) bond motifs is 1. The highest BCUT2D eigenvalue weighted by Gasteiger charge is 2.15. The minimum atomic E-state index is 0.702. The van der Waals surface area contributed by atoms with Crippen LogP contribution in [0.3, 0.4) is 0 Å². The van der Waals surface area contributed by atoms with Crippen molar-refractivity contribution in [2.45, 2.75) is 38.5 Å². The van der Waals surface area contributed by atoms with Gasteiger partial charge in [-0.05, 0) is 37.7 Å². The summed E-state index contributed by atoms with van der Waals surface area (Å²) in [5, 5.41) is 0. The van der Waals surface area contributed by atoms with Crippen LogP contribution in [0.5, 0.6) is 0 Å². The third-order valence-electron chi connectivity index (χ3n) is 3.74. The van der Waals surface area contributed by atoms with Gasteiger partial charge in [-0.1, -0.05) is 30.3 Å². The SMILES string of the molecule is Nc1nc(CCc2ccccc2)nc2c1CCCC2. The van der Waals surface area contributed by atoms with Gasteiger partial charge in [-0.2, -0.15) is 0 Å². The Balaban J connectivity index is 1.76. The van der Waals surface area contributed by atoms with Crippen molar-refractivity contribution >= 4 is 5.82 Å². The monoisotopic (exact) mass is 253 g/mol. The van der Waals surface area contributed by atoms with Gasteiger partial charge >= 0.3 is 0 Å². The smallest absolute Gasteiger partial charge is 0.131 e. The number of hydrogen-bond acceptors (Lipinski definition) is 3. The van der Waals surface area contributed by atoms with Crippen LogP contribution in [0.15, 0.2) is 30.3 Å². The van der Waals surface area contributed by atoms with E-state index < -0.39 is 0 Å². The summed E-state index contributed by atoms with van der Waals surface area (Å²) < 4.78 is 0. The largest absolute Gasteiger partial charge is 0.383 e. The molecule has 0 fully saturated rings. The zero-order valence-electron chi connectivity index (χ0n) is 11.1. The van der Waals surface area contributed by atoms with Crippen molar-refractivity contribution in [3.05, 3.63) is 53.0 Å². The Morgan fingerprint density at radius 2 is 1.74 bits per heavy atom. The molecule has 3 nitrogen and oxygen atoms in total. The number of aromatic nitrogens is 2. The predicted octanol–water partition coefficient (Wildman–Crippen LogP) is 2.72. The Morgan fingerprint density at radius 3 is 2.58 bits per heavy atom. The van der Waals surface area contributed by atoms with E-state index in [4.69, 9.17) is 10.7 Å². The molecule has 0 aliphatic heterocycles. The first-order valence-corrected chi connectivity index (χ1v) is 7.01. The van der Waals surface area contributed by atoms with Gasteiger partial charge in [0.2, 0.25) is 0 Å². The van der Waals surface area contributed by atoms with E-state index in [9.17, 15) is 0 Å². The van der Waals surface area contributed by atoms with Crippen LogP contribution < -0.4 is 5.73 Å². The molecule has 98 valence electrons. The third-order valence-corrected chi connectivity index (χ3v) is 3.74. The Bertz CT molecular complexity index is 564. The van der Waals surface area contributed by atoms with Gasteiger partial charge in [0.05, 0.1) is 0 Å². The van der Waals surface area contributed by atoms with E-state index >= 15 is 0 Å². The zero-order chi connectivity index (χ0) is 13.1. The average molecular weight is 253 g/mol. The van der Waals surface area contributed by atoms with E-state index in [1.54, 1.807) is 0 Å². The average Bonchev–Trinajstić information content (AvgIpc) is 2.46. The highest BCUT2D eigenvalue weighted by atomic mass is 15.0. The molecule has 0 saturated carbocycles. The lowest BCUT2D eigenvalue weighted by Gasteiger charge is -2.17. The number of nitrogen functional groups attached to an aromatic ring is 1. The molecule has 3 heteroatoms. The molecule has 0 spiro atoms. The van der Waals surface area contributed by atoms with Crippen LogP contribution >= 0.6 is 0 Å². The van der Waals surface area contributed by atoms with Crippen LogP contribution in [0.1, 0.15) is 35.5 Å². The fourth-order valence-corrected chi connectivity index (χ4v) is 2.69. The fraction of sp³-hybridized carbons (Fsp3) is 0.375. The summed E-state index contributed by atoms with van der Waals surface area (Å²) in [6.07, 6.45) is 6.37. The molecule has 2 N–H and O–H groups in total. The number of hydrogen-bond donors (Lipinski definition) is 1. The molecule has 2 aromatic rings. The summed E-state index contributed by atoms with van der Waals surface area (Å²) in [6, 6.07) is 10.5. The van der Waals surface area contributed by atoms with E-state index in [2.05, 4.69) is 29.2 Å². The Morgan fingerprint density at radius 1 is 0.947 bits per heavy atom. The fourth-order valence-electron chi connectivity index (χ4n) is 2.69. The third kappa shape index (κ3) is 2.75. The molecule has 0 unspecified atom stereocenters. The zero-order valence-corrected chi connectivity index (χ0v) is 11.1. The second-order valence-electron chi connectivity index (χ2n) is 5.14. The molecule has 1 aromatic carbocycles. The first-order chi connectivity index (χ1) is 9.33. The normalized spacial score (nSPS) is 14.1. The molecule has 0 atom stereocenters. The van der Waals surface area contributed by atoms with Crippen LogP contribution in [0.25, 0.3) is 0 Å². The van der Waals surface area contributed by atoms with Gasteiger partial charge in [-0.15, -0.1) is 0 Å². The van der Waals surface area contributed by atoms with Crippen LogP contribution in [0.4, 0.5) is 5.82 Å². The maximum absolute atomic E-state index is 6.06. The number of nitrogens with two attached hydrogens (primary N) is 1. The Kier molecular flexibility index (Phi) is 3.45. The van der Waals surface area contributed by atoms with Gasteiger partial charge in [-0.25, -0.2) is 9.97 Å². The van der Waals surface area contributed by atoms with Crippen molar-refractivity contribution in [3.8, 4) is 0 Å². The minimum absolute atomic E-state index is 0.702. The molecule has 19 heavy (non-hydrogen) atoms. The van der Waals surface area contributed by atoms with Crippen molar-refractivity contribution in [2.75, 3.05) is 5.73 Å². The van der Waals surface area contributed by atoms with Crippen LogP contribution in [-0.2, 0) is 25.7 Å². The number of nitrogens with zero attached hydrogens (tertiary/aromatic N) is 2. The van der Waals surface area contributed by atoms with E-state index in [1.807, 2.05) is 6.07 Å². The molecule has 1 aromatic heterocycles. The van der Waals surface area contributed by atoms with E-state index in [-0.39, 0.29) is 0 Å². The quantitative estimate of drug-likeness (QED) is 0.915. The van der Waals surface area contributed by atoms with Gasteiger partial charge in [0.25, 0.3) is 0 Å².